The van der Waals surface area contributed by atoms with E-state index in [2.05, 4.69) is 0 Å². The van der Waals surface area contributed by atoms with Crippen molar-refractivity contribution in [3.63, 3.8) is 0 Å². The van der Waals surface area contributed by atoms with Crippen LogP contribution in [0.1, 0.15) is 31.8 Å². The minimum Gasteiger partial charge on any atom is -0.478 e. The van der Waals surface area contributed by atoms with Crippen molar-refractivity contribution in [2.75, 3.05) is 0 Å². The van der Waals surface area contributed by atoms with Crippen LogP contribution >= 0.6 is 69.6 Å². The van der Waals surface area contributed by atoms with Gasteiger partial charge in [-0.2, -0.15) is 13.2 Å². The van der Waals surface area contributed by atoms with Gasteiger partial charge in [0, 0.05) is 5.56 Å². The highest BCUT2D eigenvalue weighted by Crippen LogP contribution is 2.45. The van der Waals surface area contributed by atoms with Crippen LogP contribution in [0.3, 0.4) is 0 Å². The number of carbonyl (C=O) groups is 2. The van der Waals surface area contributed by atoms with Crippen molar-refractivity contribution in [3.05, 3.63) is 66.9 Å². The summed E-state index contributed by atoms with van der Waals surface area (Å²) < 4.78 is 72.4. The van der Waals surface area contributed by atoms with Gasteiger partial charge in [-0.05, 0) is 12.1 Å². The zero-order chi connectivity index (χ0) is 25.3. The molecule has 0 fully saturated rings. The summed E-state index contributed by atoms with van der Waals surface area (Å²) in [6, 6.07) is 0.758. The van der Waals surface area contributed by atoms with Gasteiger partial charge >= 0.3 is 18.1 Å². The van der Waals surface area contributed by atoms with E-state index in [0.717, 1.165) is 6.07 Å². The molecule has 0 saturated heterocycles. The van der Waals surface area contributed by atoms with E-state index in [0.29, 0.717) is 0 Å². The third-order valence-corrected chi connectivity index (χ3v) is 5.24. The van der Waals surface area contributed by atoms with Crippen molar-refractivity contribution in [1.29, 1.82) is 0 Å². The highest BCUT2D eigenvalue weighted by atomic mass is 35.6. The van der Waals surface area contributed by atoms with Crippen molar-refractivity contribution >= 4 is 81.5 Å². The van der Waals surface area contributed by atoms with Crippen LogP contribution in [-0.2, 0) is 9.97 Å². The summed E-state index contributed by atoms with van der Waals surface area (Å²) in [6.45, 7) is 0. The molecule has 2 aromatic rings. The second kappa shape index (κ2) is 10.3. The summed E-state index contributed by atoms with van der Waals surface area (Å²) in [7, 11) is 0. The maximum atomic E-state index is 12.8. The number of carboxylic acids is 2. The minimum absolute atomic E-state index is 0.0120. The molecule has 4 nitrogen and oxygen atoms in total. The smallest absolute Gasteiger partial charge is 0.417 e. The van der Waals surface area contributed by atoms with Crippen LogP contribution in [0, 0.1) is 17.5 Å². The summed E-state index contributed by atoms with van der Waals surface area (Å²) in [4.78, 5) is 21.3. The summed E-state index contributed by atoms with van der Waals surface area (Å²) >= 11 is 34.0. The molecule has 2 aromatic carbocycles. The predicted molar refractivity (Wildman–Crippen MR) is 106 cm³/mol. The lowest BCUT2D eigenvalue weighted by atomic mass is 10.1. The average molecular weight is 587 g/mol. The fourth-order valence-corrected chi connectivity index (χ4v) is 3.19. The lowest BCUT2D eigenvalue weighted by Crippen LogP contribution is -2.17. The Morgan fingerprint density at radius 2 is 1.22 bits per heavy atom. The zero-order valence-corrected chi connectivity index (χ0v) is 18.9. The van der Waals surface area contributed by atoms with Crippen molar-refractivity contribution < 1.29 is 46.1 Å². The Morgan fingerprint density at radius 1 is 0.750 bits per heavy atom. The van der Waals surface area contributed by atoms with Crippen LogP contribution in [0.2, 0.25) is 15.1 Å². The van der Waals surface area contributed by atoms with E-state index in [1.165, 1.54) is 0 Å². The molecule has 0 spiro atoms. The Morgan fingerprint density at radius 3 is 1.59 bits per heavy atom. The summed E-state index contributed by atoms with van der Waals surface area (Å²) in [5.41, 5.74) is -4.52. The molecule has 176 valence electrons. The highest BCUT2D eigenvalue weighted by Gasteiger charge is 2.39. The number of hydrogen-bond donors (Lipinski definition) is 2. The quantitative estimate of drug-likeness (QED) is 0.212. The molecule has 0 aromatic heterocycles. The van der Waals surface area contributed by atoms with E-state index in [-0.39, 0.29) is 26.2 Å². The molecule has 2 N–H and O–H groups in total. The van der Waals surface area contributed by atoms with E-state index in [4.69, 9.17) is 79.8 Å². The van der Waals surface area contributed by atoms with Crippen LogP contribution in [0.4, 0.5) is 26.3 Å². The Bertz CT molecular complexity index is 999. The Labute approximate surface area is 204 Å². The van der Waals surface area contributed by atoms with Crippen molar-refractivity contribution in [2.45, 2.75) is 9.97 Å². The van der Waals surface area contributed by atoms with Crippen LogP contribution < -0.4 is 0 Å². The first-order chi connectivity index (χ1) is 14.3. The average Bonchev–Trinajstić information content (AvgIpc) is 2.61. The topological polar surface area (TPSA) is 74.6 Å². The van der Waals surface area contributed by atoms with Gasteiger partial charge in [-0.15, -0.1) is 0 Å². The number of alkyl halides is 6. The second-order valence-electron chi connectivity index (χ2n) is 5.42. The number of benzene rings is 2. The Balaban J connectivity index is 0.000000320. The van der Waals surface area contributed by atoms with E-state index < -0.39 is 56.6 Å². The van der Waals surface area contributed by atoms with Gasteiger partial charge in [-0.25, -0.2) is 22.8 Å². The molecule has 0 radical (unpaired) electrons. The number of carboxylic acid groups (broad SMARTS) is 2. The van der Waals surface area contributed by atoms with Gasteiger partial charge in [-0.1, -0.05) is 69.6 Å². The summed E-state index contributed by atoms with van der Waals surface area (Å²) in [5.74, 6) is -10.4. The molecule has 0 heterocycles. The molecule has 0 atom stereocenters. The third kappa shape index (κ3) is 6.39. The van der Waals surface area contributed by atoms with Gasteiger partial charge in [-0.3, -0.25) is 0 Å². The molecule has 0 bridgehead atoms. The molecule has 0 aliphatic carbocycles. The molecular formula is C16H4Cl6F6O4. The molecule has 0 aliphatic rings. The monoisotopic (exact) mass is 584 g/mol. The summed E-state index contributed by atoms with van der Waals surface area (Å²) in [6.07, 6.45) is -5.29. The lowest BCUT2D eigenvalue weighted by molar-refractivity contribution is -0.138. The second-order valence-corrected chi connectivity index (χ2v) is 8.87. The van der Waals surface area contributed by atoms with Gasteiger partial charge in [0.25, 0.3) is 0 Å². The van der Waals surface area contributed by atoms with Crippen LogP contribution in [-0.4, -0.2) is 22.2 Å². The molecule has 0 saturated carbocycles. The maximum Gasteiger partial charge on any atom is 0.417 e. The SMILES string of the molecule is O=C(O)c1c(C(Cl)(Cl)Cl)cc(Cl)c(Cl)c1Cl.O=C(O)c1c(C(F)(F)F)cc(F)c(F)c1F. The van der Waals surface area contributed by atoms with Gasteiger partial charge in [0.15, 0.2) is 17.5 Å². The van der Waals surface area contributed by atoms with Crippen LogP contribution in [0.25, 0.3) is 0 Å². The highest BCUT2D eigenvalue weighted by molar-refractivity contribution is 6.67. The molecule has 2 rings (SSSR count). The number of halogens is 12. The van der Waals surface area contributed by atoms with Gasteiger partial charge in [0.1, 0.15) is 5.56 Å². The fraction of sp³-hybridized carbons (Fsp3) is 0.125. The van der Waals surface area contributed by atoms with Crippen molar-refractivity contribution in [1.82, 2.24) is 0 Å². The van der Waals surface area contributed by atoms with Gasteiger partial charge < -0.3 is 10.2 Å². The number of rotatable bonds is 2. The molecule has 0 aliphatic heterocycles. The van der Waals surface area contributed by atoms with Gasteiger partial charge in [0.05, 0.1) is 26.2 Å². The largest absolute Gasteiger partial charge is 0.478 e. The Kier molecular flexibility index (Phi) is 9.26. The van der Waals surface area contributed by atoms with E-state index >= 15 is 0 Å². The summed E-state index contributed by atoms with van der Waals surface area (Å²) in [5, 5.41) is 16.9. The van der Waals surface area contributed by atoms with Crippen LogP contribution in [0.15, 0.2) is 12.1 Å². The first kappa shape index (κ1) is 28.7. The van der Waals surface area contributed by atoms with E-state index in [1.54, 1.807) is 0 Å². The van der Waals surface area contributed by atoms with Crippen LogP contribution in [0.5, 0.6) is 0 Å². The normalized spacial score (nSPS) is 11.6. The predicted octanol–water partition coefficient (Wildman–Crippen LogP) is 7.99. The molecule has 32 heavy (non-hydrogen) atoms. The fourth-order valence-electron chi connectivity index (χ4n) is 2.06. The first-order valence-electron chi connectivity index (χ1n) is 7.28. The lowest BCUT2D eigenvalue weighted by Gasteiger charge is -2.16. The number of hydrogen-bond acceptors (Lipinski definition) is 2. The first-order valence-corrected chi connectivity index (χ1v) is 9.55. The number of aromatic carboxylic acids is 2. The van der Waals surface area contributed by atoms with Crippen molar-refractivity contribution in [2.24, 2.45) is 0 Å². The zero-order valence-electron chi connectivity index (χ0n) is 14.4. The molecular weight excluding hydrogens is 583 g/mol. The standard InChI is InChI=1S/C8H2Cl6O2.C8H2F6O2/c2*9-3-1-2(8(12,13)14)4(7(15)16)6(11)5(3)10/h2*1H,(H,15,16). The van der Waals surface area contributed by atoms with Crippen molar-refractivity contribution in [3.8, 4) is 0 Å². The van der Waals surface area contributed by atoms with Gasteiger partial charge in [0.2, 0.25) is 3.79 Å². The minimum atomic E-state index is -5.29. The third-order valence-electron chi connectivity index (χ3n) is 3.36. The molecule has 0 amide bonds. The maximum absolute atomic E-state index is 12.8. The van der Waals surface area contributed by atoms with E-state index in [1.807, 2.05) is 0 Å². The molecule has 16 heteroatoms. The van der Waals surface area contributed by atoms with E-state index in [9.17, 15) is 35.9 Å². The Hall–Kier alpha value is -1.30. The molecule has 0 unspecified atom stereocenters.